The van der Waals surface area contributed by atoms with Crippen LogP contribution in [0.15, 0.2) is 5.16 Å². The Hall–Kier alpha value is -0.810. The van der Waals surface area contributed by atoms with E-state index in [1.54, 1.807) is 0 Å². The van der Waals surface area contributed by atoms with Gasteiger partial charge in [0.2, 0.25) is 0 Å². The fourth-order valence-corrected chi connectivity index (χ4v) is 2.83. The molecule has 2 aliphatic rings. The van der Waals surface area contributed by atoms with Gasteiger partial charge in [-0.05, 0) is 37.5 Å². The average Bonchev–Trinajstić information content (AvgIpc) is 3.03. The van der Waals surface area contributed by atoms with Gasteiger partial charge in [-0.3, -0.25) is 4.90 Å². The molecule has 2 saturated carbocycles. The van der Waals surface area contributed by atoms with Crippen molar-refractivity contribution in [1.82, 2.24) is 4.90 Å². The summed E-state index contributed by atoms with van der Waals surface area (Å²) < 4.78 is 0. The maximum atomic E-state index is 8.99. The maximum absolute atomic E-state index is 8.99. The molecule has 0 unspecified atom stereocenters. The van der Waals surface area contributed by atoms with Gasteiger partial charge in [-0.25, -0.2) is 0 Å². The van der Waals surface area contributed by atoms with Crippen LogP contribution < -0.4 is 5.73 Å². The van der Waals surface area contributed by atoms with Crippen LogP contribution in [0.3, 0.4) is 0 Å². The van der Waals surface area contributed by atoms with Gasteiger partial charge in [0.1, 0.15) is 5.84 Å². The molecule has 0 saturated heterocycles. The summed E-state index contributed by atoms with van der Waals surface area (Å²) in [4.78, 5) is 2.51. The van der Waals surface area contributed by atoms with E-state index in [2.05, 4.69) is 10.1 Å². The molecule has 0 spiro atoms. The van der Waals surface area contributed by atoms with Crippen molar-refractivity contribution >= 4 is 5.84 Å². The predicted molar refractivity (Wildman–Crippen MR) is 70.6 cm³/mol. The molecule has 0 bridgehead atoms. The minimum absolute atomic E-state index is 0.237. The highest BCUT2D eigenvalue weighted by atomic mass is 16.4. The highest BCUT2D eigenvalue weighted by Crippen LogP contribution is 2.50. The Balaban J connectivity index is 1.87. The number of nitrogens with two attached hydrogens (primary N) is 1. The summed E-state index contributed by atoms with van der Waals surface area (Å²) in [7, 11) is 0. The first-order valence-corrected chi connectivity index (χ1v) is 7.00. The molecule has 0 heterocycles. The standard InChI is InChI=1S/C13H25N3O2/c14-12(15-18)9-13(5-6-13)10-16(7-2-8-17)11-3-1-4-11/h11,17-18H,1-10H2,(H2,14,15). The molecule has 5 nitrogen and oxygen atoms in total. The van der Waals surface area contributed by atoms with Crippen molar-refractivity contribution in [2.45, 2.75) is 51.0 Å². The van der Waals surface area contributed by atoms with Gasteiger partial charge in [0.05, 0.1) is 0 Å². The van der Waals surface area contributed by atoms with E-state index in [1.165, 1.54) is 32.1 Å². The molecular weight excluding hydrogens is 230 g/mol. The molecule has 0 aromatic heterocycles. The van der Waals surface area contributed by atoms with Gasteiger partial charge in [0.15, 0.2) is 0 Å². The Morgan fingerprint density at radius 1 is 1.39 bits per heavy atom. The third-order valence-corrected chi connectivity index (χ3v) is 4.37. The van der Waals surface area contributed by atoms with E-state index in [9.17, 15) is 0 Å². The van der Waals surface area contributed by atoms with Crippen LogP contribution in [0.1, 0.15) is 44.9 Å². The number of hydrogen-bond acceptors (Lipinski definition) is 4. The topological polar surface area (TPSA) is 82.1 Å². The quantitative estimate of drug-likeness (QED) is 0.263. The molecule has 5 heteroatoms. The number of amidine groups is 1. The summed E-state index contributed by atoms with van der Waals surface area (Å²) >= 11 is 0. The van der Waals surface area contributed by atoms with E-state index < -0.39 is 0 Å². The zero-order valence-electron chi connectivity index (χ0n) is 11.0. The number of rotatable bonds is 8. The molecule has 0 aromatic rings. The lowest BCUT2D eigenvalue weighted by Gasteiger charge is -2.39. The zero-order chi connectivity index (χ0) is 13.0. The van der Waals surface area contributed by atoms with Crippen molar-refractivity contribution in [3.8, 4) is 0 Å². The fourth-order valence-electron chi connectivity index (χ4n) is 2.83. The second kappa shape index (κ2) is 5.89. The van der Waals surface area contributed by atoms with Crippen molar-refractivity contribution < 1.29 is 10.3 Å². The number of aliphatic hydroxyl groups is 1. The van der Waals surface area contributed by atoms with Crippen LogP contribution in [0.5, 0.6) is 0 Å². The summed E-state index contributed by atoms with van der Waals surface area (Å²) in [5.41, 5.74) is 5.88. The van der Waals surface area contributed by atoms with Crippen LogP contribution in [0.25, 0.3) is 0 Å². The SMILES string of the molecule is NC(CC1(CN(CCCO)C2CCC2)CC1)=NO. The Morgan fingerprint density at radius 2 is 2.11 bits per heavy atom. The van der Waals surface area contributed by atoms with Crippen molar-refractivity contribution in [2.24, 2.45) is 16.3 Å². The lowest BCUT2D eigenvalue weighted by atomic mass is 9.89. The van der Waals surface area contributed by atoms with Crippen molar-refractivity contribution in [1.29, 1.82) is 0 Å². The van der Waals surface area contributed by atoms with E-state index in [0.717, 1.165) is 19.5 Å². The van der Waals surface area contributed by atoms with E-state index >= 15 is 0 Å². The minimum atomic E-state index is 0.237. The van der Waals surface area contributed by atoms with Crippen molar-refractivity contribution in [3.05, 3.63) is 0 Å². The molecule has 0 radical (unpaired) electrons. The number of oxime groups is 1. The van der Waals surface area contributed by atoms with Gasteiger partial charge >= 0.3 is 0 Å². The van der Waals surface area contributed by atoms with Crippen molar-refractivity contribution in [2.75, 3.05) is 19.7 Å². The minimum Gasteiger partial charge on any atom is -0.409 e. The molecular formula is C13H25N3O2. The van der Waals surface area contributed by atoms with Crippen LogP contribution in [0.4, 0.5) is 0 Å². The first kappa shape index (κ1) is 13.6. The highest BCUT2D eigenvalue weighted by Gasteiger charge is 2.45. The smallest absolute Gasteiger partial charge is 0.139 e. The molecule has 2 aliphatic carbocycles. The summed E-state index contributed by atoms with van der Waals surface area (Å²) in [6.45, 7) is 2.27. The van der Waals surface area contributed by atoms with E-state index in [4.69, 9.17) is 16.0 Å². The van der Waals surface area contributed by atoms with Gasteiger partial charge in [-0.15, -0.1) is 0 Å². The second-order valence-corrected chi connectivity index (χ2v) is 5.90. The third-order valence-electron chi connectivity index (χ3n) is 4.37. The lowest BCUT2D eigenvalue weighted by Crippen LogP contribution is -2.44. The molecule has 2 fully saturated rings. The molecule has 0 amide bonds. The average molecular weight is 255 g/mol. The predicted octanol–water partition coefficient (Wildman–Crippen LogP) is 1.14. The highest BCUT2D eigenvalue weighted by molar-refractivity contribution is 5.80. The lowest BCUT2D eigenvalue weighted by molar-refractivity contribution is 0.0938. The summed E-state index contributed by atoms with van der Waals surface area (Å²) in [6.07, 6.45) is 7.78. The van der Waals surface area contributed by atoms with Gasteiger partial charge in [0.25, 0.3) is 0 Å². The Morgan fingerprint density at radius 3 is 2.56 bits per heavy atom. The van der Waals surface area contributed by atoms with Crippen LogP contribution in [0, 0.1) is 5.41 Å². The summed E-state index contributed by atoms with van der Waals surface area (Å²) in [5.74, 6) is 0.350. The number of nitrogens with zero attached hydrogens (tertiary/aromatic N) is 2. The molecule has 0 aliphatic heterocycles. The largest absolute Gasteiger partial charge is 0.409 e. The van der Waals surface area contributed by atoms with Gasteiger partial charge in [-0.1, -0.05) is 11.6 Å². The van der Waals surface area contributed by atoms with Crippen molar-refractivity contribution in [3.63, 3.8) is 0 Å². The van der Waals surface area contributed by atoms with Gasteiger partial charge in [0, 0.05) is 32.2 Å². The third kappa shape index (κ3) is 3.36. The van der Waals surface area contributed by atoms with E-state index in [1.807, 2.05) is 0 Å². The first-order valence-electron chi connectivity index (χ1n) is 7.00. The zero-order valence-corrected chi connectivity index (χ0v) is 11.0. The summed E-state index contributed by atoms with van der Waals surface area (Å²) in [5, 5.41) is 20.8. The molecule has 0 aromatic carbocycles. The molecule has 18 heavy (non-hydrogen) atoms. The molecule has 104 valence electrons. The Bertz CT molecular complexity index is 299. The van der Waals surface area contributed by atoms with Crippen LogP contribution >= 0.6 is 0 Å². The summed E-state index contributed by atoms with van der Waals surface area (Å²) in [6, 6.07) is 0.696. The van der Waals surface area contributed by atoms with Gasteiger partial charge < -0.3 is 16.0 Å². The Kier molecular flexibility index (Phi) is 4.45. The van der Waals surface area contributed by atoms with Crippen LogP contribution in [-0.4, -0.2) is 46.8 Å². The van der Waals surface area contributed by atoms with Crippen LogP contribution in [0.2, 0.25) is 0 Å². The fraction of sp³-hybridized carbons (Fsp3) is 0.923. The van der Waals surface area contributed by atoms with E-state index in [-0.39, 0.29) is 12.0 Å². The molecule has 4 N–H and O–H groups in total. The monoisotopic (exact) mass is 255 g/mol. The number of hydrogen-bond donors (Lipinski definition) is 3. The maximum Gasteiger partial charge on any atom is 0.139 e. The first-order chi connectivity index (χ1) is 8.69. The normalized spacial score (nSPS) is 23.1. The van der Waals surface area contributed by atoms with Crippen LogP contribution in [-0.2, 0) is 0 Å². The number of aliphatic hydroxyl groups excluding tert-OH is 1. The van der Waals surface area contributed by atoms with Gasteiger partial charge in [-0.2, -0.15) is 0 Å². The van der Waals surface area contributed by atoms with E-state index in [0.29, 0.717) is 18.3 Å². The molecule has 2 rings (SSSR count). The second-order valence-electron chi connectivity index (χ2n) is 5.90. The Labute approximate surface area is 109 Å². The molecule has 0 atom stereocenters.